The van der Waals surface area contributed by atoms with E-state index in [0.29, 0.717) is 6.42 Å². The number of benzene rings is 1. The number of carbonyl (C=O) groups is 2. The second kappa shape index (κ2) is 22.8. The molecular formula is C33H46F3NO3. The van der Waals surface area contributed by atoms with Gasteiger partial charge in [0.15, 0.2) is 0 Å². The molecule has 0 bridgehead atoms. The van der Waals surface area contributed by atoms with E-state index >= 15 is 0 Å². The van der Waals surface area contributed by atoms with Crippen molar-refractivity contribution in [3.05, 3.63) is 24.3 Å². The summed E-state index contributed by atoms with van der Waals surface area (Å²) in [5.41, 5.74) is -0.0272. The molecular weight excluding hydrogens is 515 g/mol. The van der Waals surface area contributed by atoms with E-state index < -0.39 is 18.1 Å². The Hall–Kier alpha value is -2.93. The number of halogens is 3. The first-order valence-corrected chi connectivity index (χ1v) is 15.0. The molecule has 0 aromatic heterocycles. The smallest absolute Gasteiger partial charge is 0.427 e. The van der Waals surface area contributed by atoms with E-state index in [2.05, 4.69) is 30.6 Å². The van der Waals surface area contributed by atoms with Crippen LogP contribution in [0.25, 0.3) is 0 Å². The van der Waals surface area contributed by atoms with E-state index in [1.54, 1.807) is 5.32 Å². The van der Waals surface area contributed by atoms with Gasteiger partial charge in [-0.3, -0.25) is 9.59 Å². The van der Waals surface area contributed by atoms with Gasteiger partial charge in [-0.1, -0.05) is 102 Å². The second-order valence-electron chi connectivity index (χ2n) is 10.1. The van der Waals surface area contributed by atoms with Crippen LogP contribution in [0.15, 0.2) is 24.3 Å². The first-order valence-electron chi connectivity index (χ1n) is 15.0. The molecule has 0 saturated carbocycles. The molecule has 1 aromatic rings. The minimum atomic E-state index is -4.96. The van der Waals surface area contributed by atoms with Gasteiger partial charge in [-0.15, -0.1) is 0 Å². The number of hydrogen-bond acceptors (Lipinski definition) is 3. The molecule has 0 aliphatic rings. The van der Waals surface area contributed by atoms with Crippen molar-refractivity contribution in [2.45, 2.75) is 135 Å². The number of rotatable bonds is 20. The molecule has 1 rings (SSSR count). The number of nitrogens with one attached hydrogen (secondary N) is 1. The van der Waals surface area contributed by atoms with Gasteiger partial charge in [-0.25, -0.2) is 0 Å². The van der Waals surface area contributed by atoms with Crippen LogP contribution in [0, 0.1) is 23.7 Å². The summed E-state index contributed by atoms with van der Waals surface area (Å²) in [4.78, 5) is 22.9. The standard InChI is InChI=1S/C33H46F3NO3/c1-2-3-4-5-6-7-8-9-10-11-12-13-14-15-16-17-18-19-20-21-22-23-24-31(38)40-30-27-25-29(26-28-30)37-32(39)33(34,35)36/h25-28H,2-12,17-24H2,1H3,(H,37,39). The number of carbonyl (C=O) groups excluding carboxylic acids is 2. The number of anilines is 1. The van der Waals surface area contributed by atoms with Crippen LogP contribution < -0.4 is 10.1 Å². The molecule has 0 fully saturated rings. The highest BCUT2D eigenvalue weighted by atomic mass is 19.4. The van der Waals surface area contributed by atoms with Crippen molar-refractivity contribution in [3.8, 4) is 29.4 Å². The molecule has 40 heavy (non-hydrogen) atoms. The number of hydrogen-bond donors (Lipinski definition) is 1. The highest BCUT2D eigenvalue weighted by molar-refractivity contribution is 5.94. The Labute approximate surface area is 239 Å². The van der Waals surface area contributed by atoms with Crippen molar-refractivity contribution in [2.24, 2.45) is 0 Å². The molecule has 0 spiro atoms. The maximum atomic E-state index is 12.3. The van der Waals surface area contributed by atoms with Gasteiger partial charge in [0.2, 0.25) is 0 Å². The molecule has 0 saturated heterocycles. The van der Waals surface area contributed by atoms with Gasteiger partial charge in [0.1, 0.15) is 5.75 Å². The Bertz CT molecular complexity index is 950. The molecule has 0 aliphatic heterocycles. The van der Waals surface area contributed by atoms with Gasteiger partial charge < -0.3 is 10.1 Å². The Morgan fingerprint density at radius 3 is 1.62 bits per heavy atom. The number of ether oxygens (including phenoxy) is 1. The first-order chi connectivity index (χ1) is 19.3. The van der Waals surface area contributed by atoms with Crippen LogP contribution in [-0.2, 0) is 9.59 Å². The SMILES string of the molecule is CCCCCCCCCCCCC#CC#CCCCCCCCCC(=O)Oc1ccc(NC(=O)C(F)(F)F)cc1. The molecule has 222 valence electrons. The molecule has 0 atom stereocenters. The first kappa shape index (κ1) is 35.1. The third kappa shape index (κ3) is 20.0. The van der Waals surface area contributed by atoms with Gasteiger partial charge >= 0.3 is 18.1 Å². The summed E-state index contributed by atoms with van der Waals surface area (Å²) in [7, 11) is 0. The maximum Gasteiger partial charge on any atom is 0.471 e. The summed E-state index contributed by atoms with van der Waals surface area (Å²) in [5.74, 6) is 9.99. The Morgan fingerprint density at radius 1 is 0.700 bits per heavy atom. The fourth-order valence-corrected chi connectivity index (χ4v) is 4.09. The Morgan fingerprint density at radius 2 is 1.15 bits per heavy atom. The summed E-state index contributed by atoms with van der Waals surface area (Å²) in [6.45, 7) is 2.25. The molecule has 0 unspecified atom stereocenters. The van der Waals surface area contributed by atoms with Crippen molar-refractivity contribution in [1.29, 1.82) is 0 Å². The van der Waals surface area contributed by atoms with Crippen molar-refractivity contribution in [3.63, 3.8) is 0 Å². The molecule has 7 heteroatoms. The van der Waals surface area contributed by atoms with Crippen molar-refractivity contribution in [1.82, 2.24) is 0 Å². The van der Waals surface area contributed by atoms with Gasteiger partial charge in [0.25, 0.3) is 0 Å². The zero-order valence-electron chi connectivity index (χ0n) is 24.1. The summed E-state index contributed by atoms with van der Waals surface area (Å²) in [6.07, 6.45) is 16.4. The maximum absolute atomic E-state index is 12.3. The largest absolute Gasteiger partial charge is 0.471 e. The lowest BCUT2D eigenvalue weighted by Gasteiger charge is -2.09. The van der Waals surface area contributed by atoms with Gasteiger partial charge in [0.05, 0.1) is 0 Å². The highest BCUT2D eigenvalue weighted by Gasteiger charge is 2.38. The van der Waals surface area contributed by atoms with Crippen LogP contribution in [0.1, 0.15) is 129 Å². The number of esters is 1. The van der Waals surface area contributed by atoms with Crippen LogP contribution >= 0.6 is 0 Å². The van der Waals surface area contributed by atoms with Gasteiger partial charge in [-0.05, 0) is 55.4 Å². The normalized spacial score (nSPS) is 10.7. The number of unbranched alkanes of at least 4 members (excludes halogenated alkanes) is 16. The van der Waals surface area contributed by atoms with Crippen molar-refractivity contribution >= 4 is 17.6 Å². The van der Waals surface area contributed by atoms with Crippen LogP contribution in [0.4, 0.5) is 18.9 Å². The fourth-order valence-electron chi connectivity index (χ4n) is 4.09. The second-order valence-corrected chi connectivity index (χ2v) is 10.1. The number of amides is 1. The average Bonchev–Trinajstić information content (AvgIpc) is 2.92. The zero-order valence-corrected chi connectivity index (χ0v) is 24.1. The van der Waals surface area contributed by atoms with Crippen LogP contribution in [0.3, 0.4) is 0 Å². The quantitative estimate of drug-likeness (QED) is 0.0746. The van der Waals surface area contributed by atoms with Crippen LogP contribution in [0.2, 0.25) is 0 Å². The third-order valence-corrected chi connectivity index (χ3v) is 6.43. The van der Waals surface area contributed by atoms with E-state index in [9.17, 15) is 22.8 Å². The molecule has 0 heterocycles. The third-order valence-electron chi connectivity index (χ3n) is 6.43. The van der Waals surface area contributed by atoms with E-state index in [4.69, 9.17) is 4.74 Å². The Kier molecular flexibility index (Phi) is 20.0. The van der Waals surface area contributed by atoms with Crippen molar-refractivity contribution < 1.29 is 27.5 Å². The Balaban J connectivity index is 1.95. The fraction of sp³-hybridized carbons (Fsp3) is 0.636. The molecule has 1 aromatic carbocycles. The van der Waals surface area contributed by atoms with E-state index in [1.165, 1.54) is 88.5 Å². The topological polar surface area (TPSA) is 55.4 Å². The lowest BCUT2D eigenvalue weighted by Crippen LogP contribution is -2.29. The van der Waals surface area contributed by atoms with E-state index in [0.717, 1.165) is 44.9 Å². The lowest BCUT2D eigenvalue weighted by atomic mass is 10.1. The predicted octanol–water partition coefficient (Wildman–Crippen LogP) is 9.53. The summed E-state index contributed by atoms with van der Waals surface area (Å²) in [6, 6.07) is 5.19. The van der Waals surface area contributed by atoms with Crippen LogP contribution in [-0.4, -0.2) is 18.1 Å². The molecule has 0 aliphatic carbocycles. The zero-order chi connectivity index (χ0) is 29.3. The van der Waals surface area contributed by atoms with E-state index in [1.807, 2.05) is 0 Å². The summed E-state index contributed by atoms with van der Waals surface area (Å²) < 4.78 is 42.0. The summed E-state index contributed by atoms with van der Waals surface area (Å²) >= 11 is 0. The highest BCUT2D eigenvalue weighted by Crippen LogP contribution is 2.21. The average molecular weight is 562 g/mol. The monoisotopic (exact) mass is 561 g/mol. The van der Waals surface area contributed by atoms with E-state index in [-0.39, 0.29) is 17.9 Å². The molecule has 1 amide bonds. The van der Waals surface area contributed by atoms with Crippen molar-refractivity contribution in [2.75, 3.05) is 5.32 Å². The molecule has 4 nitrogen and oxygen atoms in total. The van der Waals surface area contributed by atoms with Gasteiger partial charge in [0, 0.05) is 24.9 Å². The predicted molar refractivity (Wildman–Crippen MR) is 156 cm³/mol. The number of alkyl halides is 3. The minimum absolute atomic E-state index is 0.0272. The summed E-state index contributed by atoms with van der Waals surface area (Å²) in [5, 5.41) is 1.74. The lowest BCUT2D eigenvalue weighted by molar-refractivity contribution is -0.167. The molecule has 1 N–H and O–H groups in total. The minimum Gasteiger partial charge on any atom is -0.427 e. The van der Waals surface area contributed by atoms with Gasteiger partial charge in [-0.2, -0.15) is 13.2 Å². The molecule has 0 radical (unpaired) electrons. The van der Waals surface area contributed by atoms with Crippen LogP contribution in [0.5, 0.6) is 5.75 Å².